The summed E-state index contributed by atoms with van der Waals surface area (Å²) in [5, 5.41) is 5.89. The maximum absolute atomic E-state index is 13.4. The van der Waals surface area contributed by atoms with Gasteiger partial charge in [0.25, 0.3) is 17.7 Å². The zero-order chi connectivity index (χ0) is 30.6. The summed E-state index contributed by atoms with van der Waals surface area (Å²) in [6, 6.07) is 21.3. The van der Waals surface area contributed by atoms with Crippen molar-refractivity contribution in [2.45, 2.75) is 38.6 Å². The van der Waals surface area contributed by atoms with Crippen LogP contribution in [-0.4, -0.2) is 64.8 Å². The van der Waals surface area contributed by atoms with E-state index in [1.807, 2.05) is 45.9 Å². The number of fused-ring (bicyclic) bond motifs is 1. The van der Waals surface area contributed by atoms with Crippen molar-refractivity contribution in [1.29, 1.82) is 0 Å². The fraction of sp³-hybridized carbons (Fsp3) is 0.324. The minimum atomic E-state index is -0.385. The molecule has 0 unspecified atom stereocenters. The van der Waals surface area contributed by atoms with E-state index in [0.717, 1.165) is 31.3 Å². The predicted molar refractivity (Wildman–Crippen MR) is 169 cm³/mol. The van der Waals surface area contributed by atoms with Crippen LogP contribution >= 0.6 is 0 Å². The van der Waals surface area contributed by atoms with Crippen molar-refractivity contribution >= 4 is 46.3 Å². The van der Waals surface area contributed by atoms with Crippen molar-refractivity contribution in [2.75, 3.05) is 36.9 Å². The summed E-state index contributed by atoms with van der Waals surface area (Å²) in [5.41, 5.74) is 3.44. The number of likely N-dealkylation sites (tertiary alicyclic amines) is 1. The number of aryl methyl sites for hydroxylation is 1. The van der Waals surface area contributed by atoms with Gasteiger partial charge in [0.1, 0.15) is 0 Å². The van der Waals surface area contributed by atoms with Crippen LogP contribution < -0.4 is 15.5 Å². The average Bonchev–Trinajstić information content (AvgIpc) is 3.71. The van der Waals surface area contributed by atoms with E-state index in [-0.39, 0.29) is 23.6 Å². The number of nitrogens with one attached hydrogen (secondary N) is 2. The quantitative estimate of drug-likeness (QED) is 0.262. The third-order valence-corrected chi connectivity index (χ3v) is 8.29. The SMILES string of the molecule is CN(C(=O)c1ccccc1)c1ccc2c(c1)nc(NC(=O)c1cccc(C(=O)NCC3CC3)c1)n2CCCN1CCCC1=O. The van der Waals surface area contributed by atoms with Crippen LogP contribution in [0.2, 0.25) is 0 Å². The van der Waals surface area contributed by atoms with Gasteiger partial charge < -0.3 is 19.7 Å². The number of hydrogen-bond donors (Lipinski definition) is 2. The summed E-state index contributed by atoms with van der Waals surface area (Å²) in [6.45, 7) is 2.56. The molecular weight excluding hydrogens is 556 g/mol. The Morgan fingerprint density at radius 1 is 0.909 bits per heavy atom. The number of carbonyl (C=O) groups excluding carboxylic acids is 4. The summed E-state index contributed by atoms with van der Waals surface area (Å²) in [5.74, 6) is 0.357. The second-order valence-corrected chi connectivity index (χ2v) is 11.5. The minimum Gasteiger partial charge on any atom is -0.352 e. The Morgan fingerprint density at radius 2 is 1.66 bits per heavy atom. The molecule has 0 spiro atoms. The zero-order valence-corrected chi connectivity index (χ0v) is 24.8. The Morgan fingerprint density at radius 3 is 2.39 bits per heavy atom. The van der Waals surface area contributed by atoms with Crippen molar-refractivity contribution < 1.29 is 19.2 Å². The highest BCUT2D eigenvalue weighted by molar-refractivity contribution is 6.07. The molecule has 2 fully saturated rings. The van der Waals surface area contributed by atoms with Gasteiger partial charge in [-0.2, -0.15) is 0 Å². The summed E-state index contributed by atoms with van der Waals surface area (Å²) < 4.78 is 1.93. The first-order valence-corrected chi connectivity index (χ1v) is 15.2. The van der Waals surface area contributed by atoms with Crippen molar-refractivity contribution in [2.24, 2.45) is 5.92 Å². The summed E-state index contributed by atoms with van der Waals surface area (Å²) in [4.78, 5) is 59.5. The number of aromatic nitrogens is 2. The molecule has 0 atom stereocenters. The van der Waals surface area contributed by atoms with Gasteiger partial charge >= 0.3 is 0 Å². The molecule has 0 radical (unpaired) electrons. The maximum atomic E-state index is 13.4. The van der Waals surface area contributed by atoms with Gasteiger partial charge in [0.05, 0.1) is 11.0 Å². The topological polar surface area (TPSA) is 117 Å². The number of hydrogen-bond acceptors (Lipinski definition) is 5. The number of benzene rings is 3. The molecule has 1 aliphatic carbocycles. The first-order chi connectivity index (χ1) is 21.4. The monoisotopic (exact) mass is 592 g/mol. The molecule has 1 saturated carbocycles. The average molecular weight is 593 g/mol. The Balaban J connectivity index is 1.25. The van der Waals surface area contributed by atoms with Crippen LogP contribution in [0.5, 0.6) is 0 Å². The van der Waals surface area contributed by atoms with E-state index < -0.39 is 0 Å². The van der Waals surface area contributed by atoms with E-state index in [4.69, 9.17) is 4.98 Å². The van der Waals surface area contributed by atoms with Gasteiger partial charge in [-0.25, -0.2) is 4.98 Å². The van der Waals surface area contributed by atoms with Gasteiger partial charge in [0.15, 0.2) is 0 Å². The van der Waals surface area contributed by atoms with E-state index in [1.54, 1.807) is 48.3 Å². The zero-order valence-electron chi connectivity index (χ0n) is 24.8. The Bertz CT molecular complexity index is 1710. The molecule has 1 saturated heterocycles. The predicted octanol–water partition coefficient (Wildman–Crippen LogP) is 4.72. The van der Waals surface area contributed by atoms with Crippen LogP contribution in [0.1, 0.15) is 63.2 Å². The molecule has 6 rings (SSSR count). The molecule has 4 amide bonds. The highest BCUT2D eigenvalue weighted by Crippen LogP contribution is 2.28. The van der Waals surface area contributed by atoms with Crippen molar-refractivity contribution in [3.05, 3.63) is 89.5 Å². The van der Waals surface area contributed by atoms with Gasteiger partial charge in [-0.05, 0) is 80.1 Å². The fourth-order valence-electron chi connectivity index (χ4n) is 5.54. The molecular formula is C34H36N6O4. The highest BCUT2D eigenvalue weighted by Gasteiger charge is 2.23. The molecule has 44 heavy (non-hydrogen) atoms. The summed E-state index contributed by atoms with van der Waals surface area (Å²) >= 11 is 0. The number of imidazole rings is 1. The number of rotatable bonds is 11. The molecule has 0 bridgehead atoms. The van der Waals surface area contributed by atoms with Gasteiger partial charge in [0, 0.05) is 62.0 Å². The van der Waals surface area contributed by atoms with E-state index in [1.165, 1.54) is 0 Å². The van der Waals surface area contributed by atoms with E-state index in [2.05, 4.69) is 10.6 Å². The lowest BCUT2D eigenvalue weighted by Gasteiger charge is -2.18. The molecule has 1 aliphatic heterocycles. The van der Waals surface area contributed by atoms with Crippen LogP contribution in [-0.2, 0) is 11.3 Å². The molecule has 1 aromatic heterocycles. The largest absolute Gasteiger partial charge is 0.352 e. The smallest absolute Gasteiger partial charge is 0.258 e. The molecule has 10 nitrogen and oxygen atoms in total. The normalized spacial score (nSPS) is 14.6. The lowest BCUT2D eigenvalue weighted by atomic mass is 10.1. The van der Waals surface area contributed by atoms with Gasteiger partial charge in [-0.3, -0.25) is 24.5 Å². The Kier molecular flexibility index (Phi) is 8.40. The number of nitrogens with zero attached hydrogens (tertiary/aromatic N) is 4. The van der Waals surface area contributed by atoms with E-state index in [9.17, 15) is 19.2 Å². The minimum absolute atomic E-state index is 0.144. The number of anilines is 2. The standard InChI is InChI=1S/C34H36N6O4/c1-38(33(44)24-8-3-2-4-9-24)27-15-16-29-28(21-27)36-34(40(29)19-7-18-39-17-6-12-30(39)41)37-32(43)26-11-5-10-25(20-26)31(42)35-22-23-13-14-23/h2-5,8-11,15-16,20-21,23H,6-7,12-14,17-19,22H2,1H3,(H,35,42)(H,36,37,43). The number of amides is 4. The first-order valence-electron chi connectivity index (χ1n) is 15.2. The molecule has 4 aromatic rings. The van der Waals surface area contributed by atoms with Crippen molar-refractivity contribution in [3.63, 3.8) is 0 Å². The molecule has 10 heteroatoms. The lowest BCUT2D eigenvalue weighted by molar-refractivity contribution is -0.127. The van der Waals surface area contributed by atoms with Crippen LogP contribution in [0.3, 0.4) is 0 Å². The molecule has 2 N–H and O–H groups in total. The van der Waals surface area contributed by atoms with Crippen LogP contribution in [0.25, 0.3) is 11.0 Å². The first kappa shape index (κ1) is 29.1. The van der Waals surface area contributed by atoms with Gasteiger partial charge in [-0.1, -0.05) is 24.3 Å². The summed E-state index contributed by atoms with van der Waals surface area (Å²) in [7, 11) is 1.72. The fourth-order valence-corrected chi connectivity index (χ4v) is 5.54. The third kappa shape index (κ3) is 6.49. The molecule has 3 aromatic carbocycles. The second kappa shape index (κ2) is 12.7. The van der Waals surface area contributed by atoms with E-state index in [0.29, 0.717) is 72.2 Å². The van der Waals surface area contributed by atoms with Gasteiger partial charge in [-0.15, -0.1) is 0 Å². The second-order valence-electron chi connectivity index (χ2n) is 11.5. The lowest BCUT2D eigenvalue weighted by Crippen LogP contribution is -2.27. The summed E-state index contributed by atoms with van der Waals surface area (Å²) in [6.07, 6.45) is 4.43. The van der Waals surface area contributed by atoms with Gasteiger partial charge in [0.2, 0.25) is 11.9 Å². The number of carbonyl (C=O) groups is 4. The van der Waals surface area contributed by atoms with E-state index >= 15 is 0 Å². The van der Waals surface area contributed by atoms with Crippen LogP contribution in [0, 0.1) is 5.92 Å². The van der Waals surface area contributed by atoms with Crippen LogP contribution in [0.15, 0.2) is 72.8 Å². The van der Waals surface area contributed by atoms with Crippen LogP contribution in [0.4, 0.5) is 11.6 Å². The highest BCUT2D eigenvalue weighted by atomic mass is 16.2. The Hall–Kier alpha value is -4.99. The molecule has 226 valence electrons. The Labute approximate surface area is 256 Å². The molecule has 2 heterocycles. The third-order valence-electron chi connectivity index (χ3n) is 8.29. The molecule has 2 aliphatic rings. The van der Waals surface area contributed by atoms with Crippen molar-refractivity contribution in [3.8, 4) is 0 Å². The van der Waals surface area contributed by atoms with Crippen molar-refractivity contribution in [1.82, 2.24) is 19.8 Å². The maximum Gasteiger partial charge on any atom is 0.258 e.